The molecule has 0 aliphatic heterocycles. The van der Waals surface area contributed by atoms with Gasteiger partial charge in [-0.3, -0.25) is 14.8 Å². The van der Waals surface area contributed by atoms with Crippen molar-refractivity contribution >= 4 is 37.3 Å². The minimum absolute atomic E-state index is 0.000620. The highest BCUT2D eigenvalue weighted by Gasteiger charge is 2.36. The van der Waals surface area contributed by atoms with E-state index < -0.39 is 37.6 Å². The van der Waals surface area contributed by atoms with Crippen molar-refractivity contribution in [3.63, 3.8) is 0 Å². The molecule has 2 atom stereocenters. The van der Waals surface area contributed by atoms with Crippen molar-refractivity contribution in [2.24, 2.45) is 0 Å². The summed E-state index contributed by atoms with van der Waals surface area (Å²) in [5, 5.41) is 26.8. The number of ether oxygens (including phenoxy) is 1. The van der Waals surface area contributed by atoms with Crippen LogP contribution in [0.25, 0.3) is 0 Å². The van der Waals surface area contributed by atoms with Crippen LogP contribution in [-0.2, 0) is 30.4 Å². The number of aromatic hydroxyl groups is 1. The predicted octanol–water partition coefficient (Wildman–Crippen LogP) is 2.20. The summed E-state index contributed by atoms with van der Waals surface area (Å²) in [6.45, 7) is 1.44. The third kappa shape index (κ3) is 7.74. The number of hydrogen-bond acceptors (Lipinski definition) is 9. The molecule has 1 unspecified atom stereocenters. The second-order valence-corrected chi connectivity index (χ2v) is 13.6. The number of methoxy groups -OCH3 is 1. The fourth-order valence-corrected chi connectivity index (χ4v) is 5.41. The number of rotatable bonds is 12. The van der Waals surface area contributed by atoms with Gasteiger partial charge in [0.25, 0.3) is 0 Å². The quantitative estimate of drug-likeness (QED) is 0.194. The van der Waals surface area contributed by atoms with Crippen LogP contribution < -0.4 is 20.1 Å². The first-order valence-corrected chi connectivity index (χ1v) is 15.6. The van der Waals surface area contributed by atoms with Gasteiger partial charge in [0.1, 0.15) is 17.0 Å². The summed E-state index contributed by atoms with van der Waals surface area (Å²) < 4.78 is 56.9. The minimum Gasteiger partial charge on any atom is -0.506 e. The van der Waals surface area contributed by atoms with Crippen molar-refractivity contribution in [2.75, 3.05) is 44.0 Å². The fraction of sp³-hybridized carbons (Fsp3) is 0.296. The number of aliphatic hydroxyl groups excluding tert-OH is 1. The number of carbonyl (C=O) groups excluding carboxylic acids is 1. The van der Waals surface area contributed by atoms with Crippen LogP contribution in [0.3, 0.4) is 0 Å². The number of hydrogen-bond donors (Lipinski definition) is 5. The summed E-state index contributed by atoms with van der Waals surface area (Å²) >= 11 is 0. The van der Waals surface area contributed by atoms with E-state index in [1.165, 1.54) is 57.6 Å². The predicted molar refractivity (Wildman–Crippen MR) is 156 cm³/mol. The Hall–Kier alpha value is -3.69. The van der Waals surface area contributed by atoms with Crippen LogP contribution in [-0.4, -0.2) is 71.3 Å². The molecule has 0 radical (unpaired) electrons. The summed E-state index contributed by atoms with van der Waals surface area (Å²) in [6, 6.07) is 16.5. The summed E-state index contributed by atoms with van der Waals surface area (Å²) in [5.74, 6) is -0.298. The Kier molecular flexibility index (Phi) is 9.66. The zero-order valence-electron chi connectivity index (χ0n) is 23.2. The van der Waals surface area contributed by atoms with Crippen LogP contribution in [0.1, 0.15) is 24.2 Å². The molecule has 1 amide bonds. The van der Waals surface area contributed by atoms with Gasteiger partial charge in [0.2, 0.25) is 26.0 Å². The maximum Gasteiger partial charge on any atom is 0.249 e. The first-order valence-electron chi connectivity index (χ1n) is 12.3. The van der Waals surface area contributed by atoms with Crippen LogP contribution in [0.15, 0.2) is 71.6 Å². The third-order valence-corrected chi connectivity index (χ3v) is 8.74. The van der Waals surface area contributed by atoms with E-state index in [0.717, 1.165) is 10.6 Å². The molecule has 0 aromatic heterocycles. The number of benzene rings is 3. The van der Waals surface area contributed by atoms with E-state index in [9.17, 15) is 31.8 Å². The summed E-state index contributed by atoms with van der Waals surface area (Å²) in [5.41, 5.74) is -0.498. The molecular weight excluding hydrogens is 572 g/mol. The fourth-order valence-electron chi connectivity index (χ4n) is 3.90. The highest BCUT2D eigenvalue weighted by molar-refractivity contribution is 7.92. The number of amides is 1. The lowest BCUT2D eigenvalue weighted by molar-refractivity contribution is -0.122. The van der Waals surface area contributed by atoms with Gasteiger partial charge in [-0.05, 0) is 60.5 Å². The van der Waals surface area contributed by atoms with Crippen molar-refractivity contribution in [1.82, 2.24) is 9.62 Å². The Labute approximate surface area is 240 Å². The Morgan fingerprint density at radius 3 is 2.27 bits per heavy atom. The van der Waals surface area contributed by atoms with Gasteiger partial charge in [-0.2, -0.15) is 0 Å². The van der Waals surface area contributed by atoms with Gasteiger partial charge in [0.05, 0.1) is 30.1 Å². The number of anilines is 2. The van der Waals surface area contributed by atoms with Crippen LogP contribution in [0.2, 0.25) is 0 Å². The van der Waals surface area contributed by atoms with Crippen molar-refractivity contribution in [2.45, 2.75) is 23.5 Å². The molecule has 0 saturated carbocycles. The van der Waals surface area contributed by atoms with E-state index in [4.69, 9.17) is 4.74 Å². The van der Waals surface area contributed by atoms with Crippen molar-refractivity contribution in [3.8, 4) is 11.5 Å². The third-order valence-electron chi connectivity index (χ3n) is 6.34. The normalized spacial score (nSPS) is 14.2. The van der Waals surface area contributed by atoms with Gasteiger partial charge in [0.15, 0.2) is 0 Å². The number of nitrogens with zero attached hydrogens (tertiary/aromatic N) is 1. The molecule has 0 fully saturated rings. The molecule has 3 aromatic rings. The van der Waals surface area contributed by atoms with Crippen molar-refractivity contribution in [3.05, 3.63) is 77.9 Å². The maximum absolute atomic E-state index is 13.7. The van der Waals surface area contributed by atoms with Crippen LogP contribution in [0.5, 0.6) is 11.5 Å². The molecular formula is C27H34N4O8S2. The summed E-state index contributed by atoms with van der Waals surface area (Å²) in [7, 11) is -3.11. The van der Waals surface area contributed by atoms with Gasteiger partial charge in [-0.25, -0.2) is 21.1 Å². The number of phenols is 1. The van der Waals surface area contributed by atoms with Gasteiger partial charge in [-0.1, -0.05) is 24.3 Å². The molecule has 0 heterocycles. The van der Waals surface area contributed by atoms with Gasteiger partial charge in [0, 0.05) is 26.3 Å². The molecule has 0 spiro atoms. The first kappa shape index (κ1) is 31.8. The first-order chi connectivity index (χ1) is 19.1. The highest BCUT2D eigenvalue weighted by atomic mass is 32.2. The van der Waals surface area contributed by atoms with E-state index >= 15 is 0 Å². The molecule has 0 aliphatic carbocycles. The average Bonchev–Trinajstić information content (AvgIpc) is 2.92. The summed E-state index contributed by atoms with van der Waals surface area (Å²) in [4.78, 5) is 13.7. The largest absolute Gasteiger partial charge is 0.506 e. The molecule has 0 bridgehead atoms. The topological polar surface area (TPSA) is 174 Å². The standard InChI is InChI=1S/C27H34N4O8S2/c1-27(19-10-12-21(39-4)13-11-19,26(34)29-20-7-6-8-22(16-20)41(37,38)31(2)3)28-17-25(33)18-9-14-24(32)23(15-18)30-40(5,35)36/h6-16,25,28,30,32-33H,17H2,1-5H3,(H,29,34)/t25-,27?/m1/s1. The monoisotopic (exact) mass is 606 g/mol. The molecule has 41 heavy (non-hydrogen) atoms. The number of aliphatic hydroxyl groups is 1. The molecule has 14 heteroatoms. The molecule has 222 valence electrons. The van der Waals surface area contributed by atoms with E-state index in [1.54, 1.807) is 37.3 Å². The molecule has 5 N–H and O–H groups in total. The highest BCUT2D eigenvalue weighted by Crippen LogP contribution is 2.30. The Balaban J connectivity index is 1.92. The van der Waals surface area contributed by atoms with Crippen LogP contribution in [0.4, 0.5) is 11.4 Å². The second kappa shape index (κ2) is 12.4. The molecule has 0 aliphatic rings. The van der Waals surface area contributed by atoms with Crippen molar-refractivity contribution in [1.29, 1.82) is 0 Å². The number of nitrogens with one attached hydrogen (secondary N) is 3. The Bertz CT molecular complexity index is 1610. The maximum atomic E-state index is 13.7. The van der Waals surface area contributed by atoms with Crippen molar-refractivity contribution < 1.29 is 36.6 Å². The lowest BCUT2D eigenvalue weighted by Gasteiger charge is -2.31. The van der Waals surface area contributed by atoms with E-state index in [-0.39, 0.29) is 34.1 Å². The van der Waals surface area contributed by atoms with E-state index in [1.807, 2.05) is 0 Å². The van der Waals surface area contributed by atoms with Gasteiger partial charge < -0.3 is 20.3 Å². The van der Waals surface area contributed by atoms with E-state index in [2.05, 4.69) is 15.4 Å². The van der Waals surface area contributed by atoms with Gasteiger partial charge in [-0.15, -0.1) is 0 Å². The average molecular weight is 607 g/mol. The van der Waals surface area contributed by atoms with Gasteiger partial charge >= 0.3 is 0 Å². The molecule has 3 rings (SSSR count). The van der Waals surface area contributed by atoms with Crippen LogP contribution in [0, 0.1) is 0 Å². The number of carbonyl (C=O) groups is 1. The lowest BCUT2D eigenvalue weighted by Crippen LogP contribution is -2.51. The number of phenolic OH excluding ortho intramolecular Hbond substituents is 1. The Morgan fingerprint density at radius 2 is 1.68 bits per heavy atom. The molecule has 3 aromatic carbocycles. The second-order valence-electron chi connectivity index (χ2n) is 9.67. The molecule has 12 nitrogen and oxygen atoms in total. The Morgan fingerprint density at radius 1 is 1.02 bits per heavy atom. The lowest BCUT2D eigenvalue weighted by atomic mass is 9.90. The number of sulfonamides is 2. The van der Waals surface area contributed by atoms with E-state index in [0.29, 0.717) is 11.3 Å². The summed E-state index contributed by atoms with van der Waals surface area (Å²) in [6.07, 6.45) is -0.281. The zero-order chi connectivity index (χ0) is 30.6. The zero-order valence-corrected chi connectivity index (χ0v) is 24.9. The molecule has 0 saturated heterocycles. The minimum atomic E-state index is -3.74. The van der Waals surface area contributed by atoms with Crippen LogP contribution >= 0.6 is 0 Å². The smallest absolute Gasteiger partial charge is 0.249 e. The SMILES string of the molecule is COc1ccc(C(C)(NC[C@@H](O)c2ccc(O)c(NS(C)(=O)=O)c2)C(=O)Nc2cccc(S(=O)(=O)N(C)C)c2)cc1.